The standard InChI is InChI=1S/C13H15N3O2/c1-3-16-13(12(8-17)14-15-16)9-18-11-6-4-10(2)5-7-11/h4-8H,3,9H2,1-2H3. The summed E-state index contributed by atoms with van der Waals surface area (Å²) in [6.07, 6.45) is 0.701. The van der Waals surface area contributed by atoms with E-state index in [1.807, 2.05) is 38.1 Å². The van der Waals surface area contributed by atoms with Crippen molar-refractivity contribution in [3.63, 3.8) is 0 Å². The second-order valence-electron chi connectivity index (χ2n) is 3.96. The van der Waals surface area contributed by atoms with E-state index in [0.717, 1.165) is 5.75 Å². The van der Waals surface area contributed by atoms with Crippen molar-refractivity contribution in [1.82, 2.24) is 15.0 Å². The summed E-state index contributed by atoms with van der Waals surface area (Å²) in [5.41, 5.74) is 2.22. The number of carbonyl (C=O) groups is 1. The van der Waals surface area contributed by atoms with Gasteiger partial charge >= 0.3 is 0 Å². The molecule has 0 radical (unpaired) electrons. The van der Waals surface area contributed by atoms with E-state index in [0.29, 0.717) is 24.2 Å². The van der Waals surface area contributed by atoms with E-state index in [1.54, 1.807) is 4.68 Å². The Bertz CT molecular complexity index is 532. The third-order valence-electron chi connectivity index (χ3n) is 2.68. The number of aryl methyl sites for hydroxylation is 2. The maximum atomic E-state index is 10.8. The van der Waals surface area contributed by atoms with Crippen LogP contribution in [0.5, 0.6) is 5.75 Å². The monoisotopic (exact) mass is 245 g/mol. The van der Waals surface area contributed by atoms with E-state index in [9.17, 15) is 4.79 Å². The molecule has 0 fully saturated rings. The molecule has 0 bridgehead atoms. The summed E-state index contributed by atoms with van der Waals surface area (Å²) in [6, 6.07) is 7.75. The predicted octanol–water partition coefficient (Wildman–Crippen LogP) is 2.00. The van der Waals surface area contributed by atoms with Gasteiger partial charge in [0.05, 0.1) is 0 Å². The minimum atomic E-state index is 0.290. The first-order valence-corrected chi connectivity index (χ1v) is 5.81. The largest absolute Gasteiger partial charge is 0.487 e. The number of aromatic nitrogens is 3. The maximum Gasteiger partial charge on any atom is 0.172 e. The Hall–Kier alpha value is -2.17. The van der Waals surface area contributed by atoms with E-state index in [2.05, 4.69) is 10.3 Å². The van der Waals surface area contributed by atoms with Gasteiger partial charge in [-0.15, -0.1) is 5.10 Å². The molecule has 2 aromatic rings. The van der Waals surface area contributed by atoms with Crippen molar-refractivity contribution in [1.29, 1.82) is 0 Å². The Morgan fingerprint density at radius 2 is 2.06 bits per heavy atom. The molecule has 0 N–H and O–H groups in total. The molecule has 0 amide bonds. The Balaban J connectivity index is 2.12. The van der Waals surface area contributed by atoms with E-state index in [1.165, 1.54) is 5.56 Å². The molecule has 1 aromatic heterocycles. The quantitative estimate of drug-likeness (QED) is 0.756. The van der Waals surface area contributed by atoms with Crippen molar-refractivity contribution in [3.05, 3.63) is 41.2 Å². The molecule has 0 spiro atoms. The van der Waals surface area contributed by atoms with Gasteiger partial charge in [0.25, 0.3) is 0 Å². The van der Waals surface area contributed by atoms with Crippen molar-refractivity contribution in [2.75, 3.05) is 0 Å². The zero-order chi connectivity index (χ0) is 13.0. The first kappa shape index (κ1) is 12.3. The molecule has 94 valence electrons. The minimum Gasteiger partial charge on any atom is -0.487 e. The third kappa shape index (κ3) is 2.56. The Morgan fingerprint density at radius 1 is 1.33 bits per heavy atom. The Labute approximate surface area is 105 Å². The van der Waals surface area contributed by atoms with Crippen LogP contribution in [-0.4, -0.2) is 21.3 Å². The highest BCUT2D eigenvalue weighted by atomic mass is 16.5. The second kappa shape index (κ2) is 5.44. The Kier molecular flexibility index (Phi) is 3.72. The molecule has 0 saturated carbocycles. The van der Waals surface area contributed by atoms with Crippen molar-refractivity contribution in [2.45, 2.75) is 27.0 Å². The molecular weight excluding hydrogens is 230 g/mol. The van der Waals surface area contributed by atoms with Gasteiger partial charge in [0.2, 0.25) is 0 Å². The summed E-state index contributed by atoms with van der Waals surface area (Å²) in [5.74, 6) is 0.765. The summed E-state index contributed by atoms with van der Waals surface area (Å²) in [6.45, 7) is 4.91. The van der Waals surface area contributed by atoms with Crippen molar-refractivity contribution in [3.8, 4) is 5.75 Å². The van der Waals surface area contributed by atoms with E-state index >= 15 is 0 Å². The number of hydrogen-bond donors (Lipinski definition) is 0. The number of hydrogen-bond acceptors (Lipinski definition) is 4. The molecule has 0 atom stereocenters. The lowest BCUT2D eigenvalue weighted by Crippen LogP contribution is -2.07. The number of carbonyl (C=O) groups excluding carboxylic acids is 1. The molecule has 5 nitrogen and oxygen atoms in total. The molecule has 0 aliphatic rings. The molecule has 18 heavy (non-hydrogen) atoms. The normalized spacial score (nSPS) is 10.3. The smallest absolute Gasteiger partial charge is 0.172 e. The lowest BCUT2D eigenvalue weighted by atomic mass is 10.2. The second-order valence-corrected chi connectivity index (χ2v) is 3.96. The zero-order valence-electron chi connectivity index (χ0n) is 10.5. The number of aldehydes is 1. The maximum absolute atomic E-state index is 10.8. The number of nitrogens with zero attached hydrogens (tertiary/aromatic N) is 3. The Morgan fingerprint density at radius 3 is 2.67 bits per heavy atom. The summed E-state index contributed by atoms with van der Waals surface area (Å²) in [5, 5.41) is 7.68. The molecule has 1 aromatic carbocycles. The van der Waals surface area contributed by atoms with E-state index in [4.69, 9.17) is 4.74 Å². The summed E-state index contributed by atoms with van der Waals surface area (Å²) in [7, 11) is 0. The fraction of sp³-hybridized carbons (Fsp3) is 0.308. The summed E-state index contributed by atoms with van der Waals surface area (Å²) < 4.78 is 7.30. The highest BCUT2D eigenvalue weighted by molar-refractivity contribution is 5.73. The SMILES string of the molecule is CCn1nnc(C=O)c1COc1ccc(C)cc1. The average Bonchev–Trinajstić information content (AvgIpc) is 2.80. The lowest BCUT2D eigenvalue weighted by molar-refractivity contribution is 0.111. The zero-order valence-corrected chi connectivity index (χ0v) is 10.5. The molecule has 2 rings (SSSR count). The highest BCUT2D eigenvalue weighted by Gasteiger charge is 2.11. The van der Waals surface area contributed by atoms with Crippen LogP contribution in [-0.2, 0) is 13.2 Å². The van der Waals surface area contributed by atoms with Gasteiger partial charge in [0, 0.05) is 6.54 Å². The predicted molar refractivity (Wildman–Crippen MR) is 66.6 cm³/mol. The third-order valence-corrected chi connectivity index (χ3v) is 2.68. The minimum absolute atomic E-state index is 0.290. The fourth-order valence-electron chi connectivity index (χ4n) is 1.63. The first-order chi connectivity index (χ1) is 8.74. The molecular formula is C13H15N3O2. The van der Waals surface area contributed by atoms with Gasteiger partial charge in [-0.2, -0.15) is 0 Å². The molecule has 1 heterocycles. The van der Waals surface area contributed by atoms with Crippen LogP contribution in [0, 0.1) is 6.92 Å². The van der Waals surface area contributed by atoms with Gasteiger partial charge in [-0.3, -0.25) is 4.79 Å². The van der Waals surface area contributed by atoms with E-state index in [-0.39, 0.29) is 6.61 Å². The van der Waals surface area contributed by atoms with Crippen LogP contribution in [0.15, 0.2) is 24.3 Å². The summed E-state index contributed by atoms with van der Waals surface area (Å²) >= 11 is 0. The number of benzene rings is 1. The van der Waals surface area contributed by atoms with Gasteiger partial charge in [-0.1, -0.05) is 22.9 Å². The van der Waals surface area contributed by atoms with Gasteiger partial charge in [0.1, 0.15) is 18.1 Å². The van der Waals surface area contributed by atoms with Crippen molar-refractivity contribution >= 4 is 6.29 Å². The average molecular weight is 245 g/mol. The van der Waals surface area contributed by atoms with Crippen LogP contribution in [0.4, 0.5) is 0 Å². The van der Waals surface area contributed by atoms with Gasteiger partial charge in [-0.25, -0.2) is 4.68 Å². The van der Waals surface area contributed by atoms with Crippen LogP contribution in [0.3, 0.4) is 0 Å². The lowest BCUT2D eigenvalue weighted by Gasteiger charge is -2.07. The fourth-order valence-corrected chi connectivity index (χ4v) is 1.63. The molecule has 0 aliphatic carbocycles. The van der Waals surface area contributed by atoms with Crippen LogP contribution in [0.1, 0.15) is 28.7 Å². The molecule has 0 unspecified atom stereocenters. The van der Waals surface area contributed by atoms with Crippen LogP contribution in [0.2, 0.25) is 0 Å². The van der Waals surface area contributed by atoms with Gasteiger partial charge in [-0.05, 0) is 26.0 Å². The first-order valence-electron chi connectivity index (χ1n) is 5.81. The summed E-state index contributed by atoms with van der Waals surface area (Å²) in [4.78, 5) is 10.8. The number of rotatable bonds is 5. The van der Waals surface area contributed by atoms with Crippen LogP contribution < -0.4 is 4.74 Å². The molecule has 0 aliphatic heterocycles. The topological polar surface area (TPSA) is 57.0 Å². The molecule has 5 heteroatoms. The number of ether oxygens (including phenoxy) is 1. The van der Waals surface area contributed by atoms with Gasteiger partial charge < -0.3 is 4.74 Å². The van der Waals surface area contributed by atoms with Crippen LogP contribution >= 0.6 is 0 Å². The van der Waals surface area contributed by atoms with Crippen molar-refractivity contribution < 1.29 is 9.53 Å². The van der Waals surface area contributed by atoms with Crippen LogP contribution in [0.25, 0.3) is 0 Å². The van der Waals surface area contributed by atoms with E-state index < -0.39 is 0 Å². The van der Waals surface area contributed by atoms with Crippen molar-refractivity contribution in [2.24, 2.45) is 0 Å². The van der Waals surface area contributed by atoms with Gasteiger partial charge in [0.15, 0.2) is 12.0 Å². The highest BCUT2D eigenvalue weighted by Crippen LogP contribution is 2.14. The molecule has 0 saturated heterocycles.